The normalized spacial score (nSPS) is 47.9. The smallest absolute Gasteiger partial charge is 0.146 e. The van der Waals surface area contributed by atoms with E-state index in [-0.39, 0.29) is 6.54 Å². The van der Waals surface area contributed by atoms with Crippen molar-refractivity contribution in [3.63, 3.8) is 0 Å². The van der Waals surface area contributed by atoms with E-state index in [0.29, 0.717) is 0 Å². The summed E-state index contributed by atoms with van der Waals surface area (Å²) in [5.74, 6) is 0. The third-order valence-electron chi connectivity index (χ3n) is 1.59. The molecule has 1 unspecified atom stereocenters. The maximum atomic E-state index is 12.6. The molecule has 3 N–H and O–H groups in total. The summed E-state index contributed by atoms with van der Waals surface area (Å²) in [6.07, 6.45) is -3.32. The molecular weight excluding hydrogens is 136 g/mol. The van der Waals surface area contributed by atoms with E-state index in [1.807, 2.05) is 0 Å². The maximum Gasteiger partial charge on any atom is 0.146 e. The standard InChI is InChI=1S/C5H9BFNO2/c6-5-3(7)4(9)2(1-8)10-5/h2-5,9H,1,8H2/t2-,3?,4+,5-/m1/s1. The van der Waals surface area contributed by atoms with Gasteiger partial charge in [0.2, 0.25) is 0 Å². The van der Waals surface area contributed by atoms with Crippen LogP contribution in [-0.2, 0) is 4.74 Å². The Morgan fingerprint density at radius 3 is 2.50 bits per heavy atom. The van der Waals surface area contributed by atoms with E-state index >= 15 is 0 Å². The molecule has 1 fully saturated rings. The zero-order valence-electron chi connectivity index (χ0n) is 5.40. The fraction of sp³-hybridized carbons (Fsp3) is 1.00. The topological polar surface area (TPSA) is 55.5 Å². The van der Waals surface area contributed by atoms with Crippen molar-refractivity contribution in [2.24, 2.45) is 5.73 Å². The van der Waals surface area contributed by atoms with Crippen LogP contribution in [0, 0.1) is 0 Å². The van der Waals surface area contributed by atoms with Gasteiger partial charge in [0.15, 0.2) is 0 Å². The van der Waals surface area contributed by atoms with Crippen molar-refractivity contribution in [3.8, 4) is 0 Å². The Bertz CT molecular complexity index is 126. The van der Waals surface area contributed by atoms with E-state index in [1.54, 1.807) is 0 Å². The van der Waals surface area contributed by atoms with Crippen molar-refractivity contribution in [3.05, 3.63) is 0 Å². The first-order valence-electron chi connectivity index (χ1n) is 3.10. The number of halogens is 1. The molecule has 1 saturated heterocycles. The lowest BCUT2D eigenvalue weighted by Gasteiger charge is -2.09. The van der Waals surface area contributed by atoms with Crippen LogP contribution in [-0.4, -0.2) is 43.9 Å². The number of hydrogen-bond donors (Lipinski definition) is 2. The average molecular weight is 145 g/mol. The highest BCUT2D eigenvalue weighted by Gasteiger charge is 2.40. The zero-order valence-corrected chi connectivity index (χ0v) is 5.40. The van der Waals surface area contributed by atoms with E-state index in [0.717, 1.165) is 0 Å². The molecule has 0 aromatic carbocycles. The molecular formula is C5H9BFNO2. The Labute approximate surface area is 59.8 Å². The third-order valence-corrected chi connectivity index (χ3v) is 1.59. The van der Waals surface area contributed by atoms with E-state index in [2.05, 4.69) is 0 Å². The quantitative estimate of drug-likeness (QED) is 0.443. The van der Waals surface area contributed by atoms with Gasteiger partial charge < -0.3 is 15.6 Å². The van der Waals surface area contributed by atoms with E-state index in [4.69, 9.17) is 23.4 Å². The van der Waals surface area contributed by atoms with Gasteiger partial charge in [-0.1, -0.05) is 0 Å². The van der Waals surface area contributed by atoms with Gasteiger partial charge in [0.1, 0.15) is 20.1 Å². The van der Waals surface area contributed by atoms with Crippen LogP contribution in [0.5, 0.6) is 0 Å². The number of rotatable bonds is 1. The minimum atomic E-state index is -1.51. The summed E-state index contributed by atoms with van der Waals surface area (Å²) in [6.45, 7) is 0.0925. The van der Waals surface area contributed by atoms with Crippen LogP contribution in [0.2, 0.25) is 0 Å². The van der Waals surface area contributed by atoms with Crippen molar-refractivity contribution in [2.75, 3.05) is 6.54 Å². The van der Waals surface area contributed by atoms with Crippen LogP contribution in [0.15, 0.2) is 0 Å². The molecule has 5 heteroatoms. The molecule has 1 heterocycles. The molecule has 1 rings (SSSR count). The summed E-state index contributed by atoms with van der Waals surface area (Å²) in [6, 6.07) is -1.02. The van der Waals surface area contributed by atoms with Crippen LogP contribution in [0.4, 0.5) is 4.39 Å². The number of aliphatic hydroxyl groups excluding tert-OH is 1. The van der Waals surface area contributed by atoms with Crippen molar-refractivity contribution in [1.29, 1.82) is 0 Å². The van der Waals surface area contributed by atoms with Gasteiger partial charge in [-0.2, -0.15) is 0 Å². The first-order chi connectivity index (χ1) is 4.66. The fourth-order valence-electron chi connectivity index (χ4n) is 0.952. The molecule has 0 aromatic heterocycles. The predicted molar refractivity (Wildman–Crippen MR) is 34.4 cm³/mol. The fourth-order valence-corrected chi connectivity index (χ4v) is 0.952. The van der Waals surface area contributed by atoms with Gasteiger partial charge in [-0.25, -0.2) is 4.39 Å². The molecule has 3 nitrogen and oxygen atoms in total. The Morgan fingerprint density at radius 2 is 2.30 bits per heavy atom. The number of nitrogens with two attached hydrogens (primary N) is 1. The number of hydrogen-bond acceptors (Lipinski definition) is 3. The monoisotopic (exact) mass is 145 g/mol. The zero-order chi connectivity index (χ0) is 7.72. The van der Waals surface area contributed by atoms with Gasteiger partial charge in [-0.3, -0.25) is 0 Å². The predicted octanol–water partition coefficient (Wildman–Crippen LogP) is -1.46. The van der Waals surface area contributed by atoms with Gasteiger partial charge in [0.25, 0.3) is 0 Å². The summed E-state index contributed by atoms with van der Waals surface area (Å²) in [4.78, 5) is 0. The third kappa shape index (κ3) is 1.16. The minimum absolute atomic E-state index is 0.0925. The molecule has 0 aliphatic carbocycles. The van der Waals surface area contributed by atoms with Crippen molar-refractivity contribution in [2.45, 2.75) is 24.4 Å². The Morgan fingerprint density at radius 1 is 1.70 bits per heavy atom. The highest BCUT2D eigenvalue weighted by molar-refractivity contribution is 6.11. The van der Waals surface area contributed by atoms with Crippen molar-refractivity contribution >= 4 is 7.85 Å². The number of ether oxygens (including phenoxy) is 1. The van der Waals surface area contributed by atoms with Gasteiger partial charge in [0.05, 0.1) is 12.1 Å². The van der Waals surface area contributed by atoms with Crippen LogP contribution < -0.4 is 5.73 Å². The van der Waals surface area contributed by atoms with Crippen molar-refractivity contribution < 1.29 is 14.2 Å². The molecule has 56 valence electrons. The molecule has 4 atom stereocenters. The second-order valence-electron chi connectivity index (χ2n) is 2.31. The second-order valence-corrected chi connectivity index (χ2v) is 2.31. The lowest BCUT2D eigenvalue weighted by Crippen LogP contribution is -2.33. The average Bonchev–Trinajstić information content (AvgIpc) is 2.17. The van der Waals surface area contributed by atoms with E-state index in [9.17, 15) is 4.39 Å². The van der Waals surface area contributed by atoms with Gasteiger partial charge in [-0.15, -0.1) is 0 Å². The van der Waals surface area contributed by atoms with Crippen LogP contribution in [0.1, 0.15) is 0 Å². The number of alkyl halides is 1. The van der Waals surface area contributed by atoms with Gasteiger partial charge in [0, 0.05) is 6.54 Å². The lowest BCUT2D eigenvalue weighted by atomic mass is 9.94. The van der Waals surface area contributed by atoms with Crippen LogP contribution in [0.25, 0.3) is 0 Å². The van der Waals surface area contributed by atoms with Crippen LogP contribution in [0.3, 0.4) is 0 Å². The SMILES string of the molecule is [B][C@@H]1O[C@H](CN)[C@H](O)C1F. The van der Waals surface area contributed by atoms with Crippen molar-refractivity contribution in [1.82, 2.24) is 0 Å². The largest absolute Gasteiger partial charge is 0.387 e. The molecule has 0 saturated carbocycles. The summed E-state index contributed by atoms with van der Waals surface area (Å²) in [7, 11) is 5.12. The molecule has 2 radical (unpaired) electrons. The maximum absolute atomic E-state index is 12.6. The summed E-state index contributed by atoms with van der Waals surface area (Å²) >= 11 is 0. The first-order valence-corrected chi connectivity index (χ1v) is 3.10. The van der Waals surface area contributed by atoms with Gasteiger partial charge in [-0.05, 0) is 0 Å². The minimum Gasteiger partial charge on any atom is -0.387 e. The Balaban J connectivity index is 2.53. The molecule has 0 spiro atoms. The molecule has 1 aliphatic heterocycles. The molecule has 10 heavy (non-hydrogen) atoms. The first kappa shape index (κ1) is 7.98. The summed E-state index contributed by atoms with van der Waals surface area (Å²) < 4.78 is 17.4. The van der Waals surface area contributed by atoms with E-state index in [1.165, 1.54) is 0 Å². The Kier molecular flexibility index (Phi) is 2.28. The highest BCUT2D eigenvalue weighted by Crippen LogP contribution is 2.20. The summed E-state index contributed by atoms with van der Waals surface area (Å²) in [5, 5.41) is 8.97. The molecule has 0 aromatic rings. The highest BCUT2D eigenvalue weighted by atomic mass is 19.1. The van der Waals surface area contributed by atoms with Crippen LogP contribution >= 0.6 is 0 Å². The lowest BCUT2D eigenvalue weighted by molar-refractivity contribution is 0.0365. The van der Waals surface area contributed by atoms with Gasteiger partial charge >= 0.3 is 0 Å². The number of aliphatic hydroxyl groups is 1. The molecule has 0 bridgehead atoms. The molecule has 0 amide bonds. The molecule has 1 aliphatic rings. The summed E-state index contributed by atoms with van der Waals surface area (Å²) in [5.41, 5.74) is 5.14. The Hall–Kier alpha value is -0.125. The second kappa shape index (κ2) is 2.86. The van der Waals surface area contributed by atoms with E-state index < -0.39 is 24.4 Å².